The van der Waals surface area contributed by atoms with Gasteiger partial charge >= 0.3 is 0 Å². The fourth-order valence-corrected chi connectivity index (χ4v) is 5.57. The highest BCUT2D eigenvalue weighted by atomic mass is 32.1. The van der Waals surface area contributed by atoms with Crippen LogP contribution in [-0.2, 0) is 4.79 Å². The second-order valence-corrected chi connectivity index (χ2v) is 10.4. The number of fused-ring (bicyclic) bond motifs is 2. The maximum absolute atomic E-state index is 13.7. The number of nitrogens with zero attached hydrogens (tertiary/aromatic N) is 3. The molecule has 37 heavy (non-hydrogen) atoms. The number of nitrogens with one attached hydrogen (secondary N) is 3. The van der Waals surface area contributed by atoms with Crippen LogP contribution in [0.5, 0.6) is 0 Å². The molecule has 0 atom stereocenters. The Morgan fingerprint density at radius 1 is 1.03 bits per heavy atom. The zero-order valence-corrected chi connectivity index (χ0v) is 20.4. The average molecular weight is 509 g/mol. The number of H-pyrrole nitrogens is 2. The fraction of sp³-hybridized carbons (Fsp3) is 0.143. The predicted molar refractivity (Wildman–Crippen MR) is 144 cm³/mol. The molecule has 7 rings (SSSR count). The quantitative estimate of drug-likeness (QED) is 0.239. The maximum Gasteiger partial charge on any atom is 0.227 e. The third-order valence-corrected chi connectivity index (χ3v) is 7.89. The molecule has 0 spiro atoms. The highest BCUT2D eigenvalue weighted by Crippen LogP contribution is 2.37. The summed E-state index contributed by atoms with van der Waals surface area (Å²) in [7, 11) is 0. The smallest absolute Gasteiger partial charge is 0.227 e. The summed E-state index contributed by atoms with van der Waals surface area (Å²) in [6, 6.07) is 15.2. The molecule has 1 fully saturated rings. The summed E-state index contributed by atoms with van der Waals surface area (Å²) in [6.07, 6.45) is 8.15. The first-order valence-corrected chi connectivity index (χ1v) is 12.9. The van der Waals surface area contributed by atoms with E-state index in [1.807, 2.05) is 30.3 Å². The van der Waals surface area contributed by atoms with Crippen molar-refractivity contribution in [3.05, 3.63) is 72.3 Å². The molecule has 0 saturated heterocycles. The number of hydrogen-bond acceptors (Lipinski definition) is 5. The van der Waals surface area contributed by atoms with Crippen LogP contribution in [0.4, 0.5) is 10.1 Å². The van der Waals surface area contributed by atoms with E-state index in [9.17, 15) is 9.18 Å². The fourth-order valence-electron chi connectivity index (χ4n) is 4.80. The van der Waals surface area contributed by atoms with Gasteiger partial charge in [0, 0.05) is 44.4 Å². The summed E-state index contributed by atoms with van der Waals surface area (Å²) in [5.41, 5.74) is 6.54. The molecule has 7 nitrogen and oxygen atoms in total. The van der Waals surface area contributed by atoms with E-state index in [2.05, 4.69) is 36.5 Å². The molecule has 182 valence electrons. The second kappa shape index (κ2) is 8.63. The molecule has 0 radical (unpaired) electrons. The predicted octanol–water partition coefficient (Wildman–Crippen LogP) is 6.77. The van der Waals surface area contributed by atoms with E-state index in [1.165, 1.54) is 6.07 Å². The molecule has 0 aliphatic heterocycles. The van der Waals surface area contributed by atoms with Gasteiger partial charge in [0.25, 0.3) is 0 Å². The zero-order valence-electron chi connectivity index (χ0n) is 19.6. The van der Waals surface area contributed by atoms with Gasteiger partial charge < -0.3 is 10.3 Å². The number of thiophene rings is 1. The van der Waals surface area contributed by atoms with Gasteiger partial charge in [0.2, 0.25) is 5.91 Å². The Labute approximate surface area is 214 Å². The first-order chi connectivity index (χ1) is 18.1. The number of pyridine rings is 2. The second-order valence-electron chi connectivity index (χ2n) is 9.32. The molecule has 9 heteroatoms. The van der Waals surface area contributed by atoms with Crippen LogP contribution in [0.1, 0.15) is 19.3 Å². The molecule has 5 aromatic heterocycles. The van der Waals surface area contributed by atoms with Gasteiger partial charge in [0.1, 0.15) is 5.69 Å². The number of anilines is 1. The number of aromatic amines is 2. The lowest BCUT2D eigenvalue weighted by Gasteiger charge is -2.24. The summed E-state index contributed by atoms with van der Waals surface area (Å²) >= 11 is 1.13. The Kier molecular flexibility index (Phi) is 5.10. The van der Waals surface area contributed by atoms with E-state index in [0.29, 0.717) is 5.69 Å². The van der Waals surface area contributed by atoms with Crippen LogP contribution in [0, 0.1) is 11.0 Å². The Morgan fingerprint density at radius 2 is 1.95 bits per heavy atom. The molecule has 5 heterocycles. The Balaban J connectivity index is 1.26. The first kappa shape index (κ1) is 21.9. The van der Waals surface area contributed by atoms with Crippen LogP contribution in [0.2, 0.25) is 0 Å². The molecular formula is C28H21FN6OS. The maximum atomic E-state index is 13.7. The topological polar surface area (TPSA) is 99.4 Å². The summed E-state index contributed by atoms with van der Waals surface area (Å²) < 4.78 is 13.7. The van der Waals surface area contributed by atoms with Crippen molar-refractivity contribution in [1.82, 2.24) is 25.1 Å². The number of rotatable bonds is 5. The van der Waals surface area contributed by atoms with Crippen LogP contribution in [0.25, 0.3) is 54.9 Å². The molecular weight excluding hydrogens is 487 g/mol. The number of hydrogen-bond donors (Lipinski definition) is 3. The van der Waals surface area contributed by atoms with E-state index in [0.717, 1.165) is 85.5 Å². The Bertz CT molecular complexity index is 1800. The van der Waals surface area contributed by atoms with Crippen molar-refractivity contribution < 1.29 is 9.18 Å². The minimum atomic E-state index is -0.206. The third-order valence-electron chi connectivity index (χ3n) is 6.98. The van der Waals surface area contributed by atoms with E-state index in [1.54, 1.807) is 24.7 Å². The molecule has 6 aromatic rings. The van der Waals surface area contributed by atoms with Crippen molar-refractivity contribution >= 4 is 44.7 Å². The molecule has 1 amide bonds. The molecule has 1 aromatic carbocycles. The van der Waals surface area contributed by atoms with Crippen molar-refractivity contribution in [2.24, 2.45) is 5.92 Å². The number of aromatic nitrogens is 5. The van der Waals surface area contributed by atoms with E-state index < -0.39 is 0 Å². The Hall–Kier alpha value is -4.37. The van der Waals surface area contributed by atoms with Crippen molar-refractivity contribution in [3.63, 3.8) is 0 Å². The van der Waals surface area contributed by atoms with Crippen molar-refractivity contribution in [1.29, 1.82) is 0 Å². The first-order valence-electron chi connectivity index (χ1n) is 12.1. The van der Waals surface area contributed by atoms with Gasteiger partial charge in [-0.2, -0.15) is 9.49 Å². The number of carbonyl (C=O) groups is 1. The van der Waals surface area contributed by atoms with Crippen molar-refractivity contribution in [2.75, 3.05) is 5.32 Å². The molecule has 1 aliphatic rings. The van der Waals surface area contributed by atoms with E-state index in [-0.39, 0.29) is 17.0 Å². The SMILES string of the molecule is O=C(Nc1cncc(-c2cc3c(-c4cc5c(-c6ccc(F)s6)cccc5[nH]4)n[nH]c3cn2)c1)C1CCC1. The van der Waals surface area contributed by atoms with Crippen molar-refractivity contribution in [2.45, 2.75) is 19.3 Å². The van der Waals surface area contributed by atoms with Crippen molar-refractivity contribution in [3.8, 4) is 33.1 Å². The van der Waals surface area contributed by atoms with Gasteiger partial charge in [-0.1, -0.05) is 18.6 Å². The third kappa shape index (κ3) is 3.88. The van der Waals surface area contributed by atoms with Gasteiger partial charge in [-0.25, -0.2) is 0 Å². The van der Waals surface area contributed by atoms with Crippen LogP contribution in [0.15, 0.2) is 67.1 Å². The van der Waals surface area contributed by atoms with Crippen LogP contribution < -0.4 is 5.32 Å². The largest absolute Gasteiger partial charge is 0.353 e. The van der Waals surface area contributed by atoms with Gasteiger partial charge in [-0.05, 0) is 49.2 Å². The molecule has 1 aliphatic carbocycles. The van der Waals surface area contributed by atoms with E-state index in [4.69, 9.17) is 0 Å². The molecule has 3 N–H and O–H groups in total. The summed E-state index contributed by atoms with van der Waals surface area (Å²) in [6.45, 7) is 0. The minimum absolute atomic E-state index is 0.0502. The standard InChI is InChI=1S/C28H21FN6OS/c29-26-8-7-25(37-26)18-5-2-6-21-19(18)10-23(33-21)27-20-11-22(31-14-24(20)34-35-27)16-9-17(13-30-12-16)32-28(36)15-3-1-4-15/h2,5-15,33H,1,3-4H2,(H,32,36)(H,34,35). The lowest BCUT2D eigenvalue weighted by molar-refractivity contribution is -0.122. The summed E-state index contributed by atoms with van der Waals surface area (Å²) in [5.74, 6) is 0.150. The normalized spacial score (nSPS) is 13.8. The molecule has 1 saturated carbocycles. The lowest BCUT2D eigenvalue weighted by Crippen LogP contribution is -2.28. The number of carbonyl (C=O) groups excluding carboxylic acids is 1. The number of halogens is 1. The average Bonchev–Trinajstić information content (AvgIpc) is 3.60. The minimum Gasteiger partial charge on any atom is -0.353 e. The Morgan fingerprint density at radius 3 is 2.76 bits per heavy atom. The van der Waals surface area contributed by atoms with Gasteiger partial charge in [-0.3, -0.25) is 19.9 Å². The highest BCUT2D eigenvalue weighted by Gasteiger charge is 2.25. The number of benzene rings is 1. The monoisotopic (exact) mass is 508 g/mol. The zero-order chi connectivity index (χ0) is 24.9. The summed E-state index contributed by atoms with van der Waals surface area (Å²) in [5, 5.41) is 12.3. The number of amides is 1. The van der Waals surface area contributed by atoms with Gasteiger partial charge in [0.15, 0.2) is 5.13 Å². The van der Waals surface area contributed by atoms with E-state index >= 15 is 0 Å². The summed E-state index contributed by atoms with van der Waals surface area (Å²) in [4.78, 5) is 25.7. The lowest BCUT2D eigenvalue weighted by atomic mass is 9.85. The highest BCUT2D eigenvalue weighted by molar-refractivity contribution is 7.14. The van der Waals surface area contributed by atoms with Crippen LogP contribution >= 0.6 is 11.3 Å². The molecule has 0 bridgehead atoms. The molecule has 0 unspecified atom stereocenters. The van der Waals surface area contributed by atoms with Gasteiger partial charge in [0.05, 0.1) is 35.0 Å². The van der Waals surface area contributed by atoms with Gasteiger partial charge in [-0.15, -0.1) is 11.3 Å². The van der Waals surface area contributed by atoms with Crippen LogP contribution in [-0.4, -0.2) is 31.1 Å². The van der Waals surface area contributed by atoms with Crippen LogP contribution in [0.3, 0.4) is 0 Å².